The van der Waals surface area contributed by atoms with Crippen LogP contribution in [0.4, 0.5) is 4.39 Å². The Balaban J connectivity index is 2.87. The highest BCUT2D eigenvalue weighted by molar-refractivity contribution is 5.37. The van der Waals surface area contributed by atoms with Gasteiger partial charge in [-0.25, -0.2) is 4.39 Å². The third-order valence-electron chi connectivity index (χ3n) is 1.64. The fraction of sp³-hybridized carbons (Fsp3) is 0.444. The van der Waals surface area contributed by atoms with Crippen molar-refractivity contribution in [2.45, 2.75) is 25.9 Å². The molecule has 1 N–H and O–H groups in total. The van der Waals surface area contributed by atoms with Crippen LogP contribution < -0.4 is 0 Å². The van der Waals surface area contributed by atoms with E-state index in [1.54, 1.807) is 26.3 Å². The number of hydrogen-bond acceptors (Lipinski definition) is 1. The normalized spacial score (nSPS) is 19.3. The monoisotopic (exact) mass is 155 g/mol. The third kappa shape index (κ3) is 1.90. The second-order valence-electron chi connectivity index (χ2n) is 3.16. The average molecular weight is 155 g/mol. The minimum atomic E-state index is -1.06. The van der Waals surface area contributed by atoms with Crippen LogP contribution in [0.25, 0.3) is 0 Å². The Bertz CT molecular complexity index is 208. The van der Waals surface area contributed by atoms with Crippen LogP contribution in [0, 0.1) is 6.42 Å². The van der Waals surface area contributed by atoms with E-state index < -0.39 is 5.60 Å². The molecule has 0 aromatic rings. The Morgan fingerprint density at radius 2 is 2.18 bits per heavy atom. The van der Waals surface area contributed by atoms with E-state index in [4.69, 9.17) is 0 Å². The SMILES string of the molecule is CC(C)(O)C1=CC[CH]C=C1F. The first-order valence-electron chi connectivity index (χ1n) is 3.64. The minimum absolute atomic E-state index is 0.330. The molecule has 1 aliphatic rings. The zero-order valence-corrected chi connectivity index (χ0v) is 6.76. The largest absolute Gasteiger partial charge is 0.386 e. The molecule has 0 saturated carbocycles. The number of halogens is 1. The van der Waals surface area contributed by atoms with Gasteiger partial charge in [-0.1, -0.05) is 6.08 Å². The van der Waals surface area contributed by atoms with Gasteiger partial charge in [-0.2, -0.15) is 0 Å². The van der Waals surface area contributed by atoms with Gasteiger partial charge in [-0.3, -0.25) is 0 Å². The van der Waals surface area contributed by atoms with Gasteiger partial charge < -0.3 is 5.11 Å². The molecule has 1 aliphatic carbocycles. The second kappa shape index (κ2) is 2.78. The summed E-state index contributed by atoms with van der Waals surface area (Å²) < 4.78 is 12.9. The molecule has 11 heavy (non-hydrogen) atoms. The smallest absolute Gasteiger partial charge is 0.125 e. The molecule has 61 valence electrons. The van der Waals surface area contributed by atoms with E-state index >= 15 is 0 Å². The zero-order valence-electron chi connectivity index (χ0n) is 6.76. The Labute approximate surface area is 66.2 Å². The van der Waals surface area contributed by atoms with E-state index in [0.717, 1.165) is 0 Å². The van der Waals surface area contributed by atoms with E-state index in [-0.39, 0.29) is 5.83 Å². The maximum Gasteiger partial charge on any atom is 0.125 e. The van der Waals surface area contributed by atoms with Gasteiger partial charge in [0.2, 0.25) is 0 Å². The molecule has 1 nitrogen and oxygen atoms in total. The van der Waals surface area contributed by atoms with Crippen molar-refractivity contribution < 1.29 is 9.50 Å². The maximum absolute atomic E-state index is 12.9. The molecule has 0 fully saturated rings. The van der Waals surface area contributed by atoms with Crippen molar-refractivity contribution in [2.75, 3.05) is 0 Å². The van der Waals surface area contributed by atoms with E-state index in [1.807, 2.05) is 0 Å². The molecule has 1 radical (unpaired) electrons. The molecule has 0 bridgehead atoms. The summed E-state index contributed by atoms with van der Waals surface area (Å²) in [6.07, 6.45) is 5.53. The predicted octanol–water partition coefficient (Wildman–Crippen LogP) is 2.15. The van der Waals surface area contributed by atoms with Gasteiger partial charge in [0.1, 0.15) is 5.83 Å². The molecule has 0 aromatic heterocycles. The molecule has 0 aromatic carbocycles. The standard InChI is InChI=1S/C9H12FO/c1-9(2,11)7-5-3-4-6-8(7)10/h4-6,11H,3H2,1-2H3. The highest BCUT2D eigenvalue weighted by Crippen LogP contribution is 2.28. The van der Waals surface area contributed by atoms with Gasteiger partial charge in [-0.15, -0.1) is 0 Å². The summed E-state index contributed by atoms with van der Waals surface area (Å²) in [7, 11) is 0. The highest BCUT2D eigenvalue weighted by atomic mass is 19.1. The van der Waals surface area contributed by atoms with Crippen LogP contribution in [0.15, 0.2) is 23.6 Å². The fourth-order valence-corrected chi connectivity index (χ4v) is 1.09. The topological polar surface area (TPSA) is 20.2 Å². The molecule has 0 amide bonds. The van der Waals surface area contributed by atoms with Crippen LogP contribution >= 0.6 is 0 Å². The summed E-state index contributed by atoms with van der Waals surface area (Å²) >= 11 is 0. The fourth-order valence-electron chi connectivity index (χ4n) is 1.09. The highest BCUT2D eigenvalue weighted by Gasteiger charge is 2.23. The lowest BCUT2D eigenvalue weighted by Crippen LogP contribution is -2.23. The van der Waals surface area contributed by atoms with E-state index in [1.165, 1.54) is 6.08 Å². The maximum atomic E-state index is 12.9. The lowest BCUT2D eigenvalue weighted by Gasteiger charge is -2.22. The van der Waals surface area contributed by atoms with Crippen molar-refractivity contribution in [1.29, 1.82) is 0 Å². The summed E-state index contributed by atoms with van der Waals surface area (Å²) in [5, 5.41) is 9.45. The number of rotatable bonds is 1. The van der Waals surface area contributed by atoms with Crippen LogP contribution in [-0.2, 0) is 0 Å². The van der Waals surface area contributed by atoms with Crippen LogP contribution in [0.5, 0.6) is 0 Å². The molecule has 0 aliphatic heterocycles. The van der Waals surface area contributed by atoms with Crippen LogP contribution in [-0.4, -0.2) is 10.7 Å². The third-order valence-corrected chi connectivity index (χ3v) is 1.64. The number of allylic oxidation sites excluding steroid dienone is 2. The van der Waals surface area contributed by atoms with Gasteiger partial charge in [-0.05, 0) is 32.8 Å². The summed E-state index contributed by atoms with van der Waals surface area (Å²) in [6.45, 7) is 3.16. The zero-order chi connectivity index (χ0) is 8.48. The first-order chi connectivity index (χ1) is 5.02. The van der Waals surface area contributed by atoms with Crippen molar-refractivity contribution in [3.8, 4) is 0 Å². The molecule has 0 saturated heterocycles. The number of aliphatic hydroxyl groups is 1. The molecular formula is C9H12FO. The lowest BCUT2D eigenvalue weighted by atomic mass is 9.92. The van der Waals surface area contributed by atoms with Crippen LogP contribution in [0.1, 0.15) is 20.3 Å². The molecule has 2 heteroatoms. The Kier molecular flexibility index (Phi) is 2.14. The average Bonchev–Trinajstić information content (AvgIpc) is 1.86. The lowest BCUT2D eigenvalue weighted by molar-refractivity contribution is 0.118. The van der Waals surface area contributed by atoms with Gasteiger partial charge in [0.25, 0.3) is 0 Å². The van der Waals surface area contributed by atoms with Gasteiger partial charge >= 0.3 is 0 Å². The molecular weight excluding hydrogens is 143 g/mol. The number of hydrogen-bond donors (Lipinski definition) is 1. The van der Waals surface area contributed by atoms with Crippen molar-refractivity contribution >= 4 is 0 Å². The van der Waals surface area contributed by atoms with Crippen molar-refractivity contribution in [3.05, 3.63) is 30.0 Å². The Morgan fingerprint density at radius 3 is 2.55 bits per heavy atom. The first-order valence-corrected chi connectivity index (χ1v) is 3.64. The first kappa shape index (κ1) is 8.47. The molecule has 0 spiro atoms. The summed E-state index contributed by atoms with van der Waals surface area (Å²) in [5.41, 5.74) is -0.672. The molecule has 0 heterocycles. The van der Waals surface area contributed by atoms with E-state index in [9.17, 15) is 9.50 Å². The summed E-state index contributed by atoms with van der Waals surface area (Å²) in [5.74, 6) is -0.330. The van der Waals surface area contributed by atoms with Crippen LogP contribution in [0.2, 0.25) is 0 Å². The van der Waals surface area contributed by atoms with Gasteiger partial charge in [0.05, 0.1) is 5.60 Å². The minimum Gasteiger partial charge on any atom is -0.386 e. The van der Waals surface area contributed by atoms with Crippen molar-refractivity contribution in [2.24, 2.45) is 0 Å². The Hall–Kier alpha value is -0.630. The van der Waals surface area contributed by atoms with Gasteiger partial charge in [0, 0.05) is 5.57 Å². The predicted molar refractivity (Wildman–Crippen MR) is 42.5 cm³/mol. The Morgan fingerprint density at radius 1 is 1.55 bits per heavy atom. The van der Waals surface area contributed by atoms with Crippen molar-refractivity contribution in [3.63, 3.8) is 0 Å². The van der Waals surface area contributed by atoms with Crippen molar-refractivity contribution in [1.82, 2.24) is 0 Å². The van der Waals surface area contributed by atoms with Crippen LogP contribution in [0.3, 0.4) is 0 Å². The summed E-state index contributed by atoms with van der Waals surface area (Å²) in [4.78, 5) is 0. The van der Waals surface area contributed by atoms with E-state index in [0.29, 0.717) is 12.0 Å². The van der Waals surface area contributed by atoms with Gasteiger partial charge in [0.15, 0.2) is 0 Å². The molecule has 0 unspecified atom stereocenters. The quantitative estimate of drug-likeness (QED) is 0.615. The molecule has 1 rings (SSSR count). The van der Waals surface area contributed by atoms with E-state index in [2.05, 4.69) is 0 Å². The molecule has 0 atom stereocenters. The summed E-state index contributed by atoms with van der Waals surface area (Å²) in [6, 6.07) is 0. The second-order valence-corrected chi connectivity index (χ2v) is 3.16.